The molecule has 0 saturated carbocycles. The highest BCUT2D eigenvalue weighted by Crippen LogP contribution is 2.23. The molecule has 1 aliphatic heterocycles. The minimum Gasteiger partial charge on any atom is -0.333 e. The van der Waals surface area contributed by atoms with Crippen molar-refractivity contribution < 1.29 is 9.59 Å². The highest BCUT2D eigenvalue weighted by atomic mass is 79.9. The van der Waals surface area contributed by atoms with Gasteiger partial charge in [-0.15, -0.1) is 0 Å². The standard InChI is InChI=1S/C14H18BrN3O2/c1-10-3-4-12(11(15)9-10)17-13(19)14(20)18-7-2-5-16-6-8-18/h3-4,9,16H,2,5-8H2,1H3,(H,17,19). The van der Waals surface area contributed by atoms with Gasteiger partial charge in [-0.1, -0.05) is 6.07 Å². The quantitative estimate of drug-likeness (QED) is 0.762. The van der Waals surface area contributed by atoms with Crippen molar-refractivity contribution in [3.63, 3.8) is 0 Å². The second-order valence-electron chi connectivity index (χ2n) is 4.83. The molecule has 5 nitrogen and oxygen atoms in total. The number of carbonyl (C=O) groups is 2. The van der Waals surface area contributed by atoms with Gasteiger partial charge in [-0.25, -0.2) is 0 Å². The van der Waals surface area contributed by atoms with Crippen LogP contribution >= 0.6 is 15.9 Å². The number of halogens is 1. The molecule has 108 valence electrons. The van der Waals surface area contributed by atoms with Gasteiger partial charge in [0.2, 0.25) is 0 Å². The van der Waals surface area contributed by atoms with Gasteiger partial charge >= 0.3 is 11.8 Å². The summed E-state index contributed by atoms with van der Waals surface area (Å²) in [7, 11) is 0. The van der Waals surface area contributed by atoms with Crippen LogP contribution in [0.2, 0.25) is 0 Å². The summed E-state index contributed by atoms with van der Waals surface area (Å²) in [6.45, 7) is 4.77. The Balaban J connectivity index is 2.01. The van der Waals surface area contributed by atoms with Gasteiger partial charge in [-0.2, -0.15) is 0 Å². The molecule has 20 heavy (non-hydrogen) atoms. The topological polar surface area (TPSA) is 61.4 Å². The Hall–Kier alpha value is -1.40. The number of hydrogen-bond donors (Lipinski definition) is 2. The van der Waals surface area contributed by atoms with Crippen molar-refractivity contribution in [1.82, 2.24) is 10.2 Å². The zero-order valence-corrected chi connectivity index (χ0v) is 13.0. The van der Waals surface area contributed by atoms with Crippen molar-refractivity contribution in [2.24, 2.45) is 0 Å². The number of benzene rings is 1. The average molecular weight is 340 g/mol. The number of nitrogens with one attached hydrogen (secondary N) is 2. The van der Waals surface area contributed by atoms with Crippen LogP contribution in [0.3, 0.4) is 0 Å². The van der Waals surface area contributed by atoms with E-state index in [0.29, 0.717) is 18.8 Å². The van der Waals surface area contributed by atoms with E-state index in [2.05, 4.69) is 26.6 Å². The Kier molecular flexibility index (Phi) is 5.14. The predicted molar refractivity (Wildman–Crippen MR) is 81.6 cm³/mol. The molecular formula is C14H18BrN3O2. The molecule has 0 radical (unpaired) electrons. The molecule has 0 bridgehead atoms. The molecule has 1 saturated heterocycles. The number of anilines is 1. The molecule has 2 amide bonds. The first-order valence-electron chi connectivity index (χ1n) is 6.65. The summed E-state index contributed by atoms with van der Waals surface area (Å²) >= 11 is 3.38. The zero-order valence-electron chi connectivity index (χ0n) is 11.4. The van der Waals surface area contributed by atoms with Crippen molar-refractivity contribution in [2.75, 3.05) is 31.5 Å². The van der Waals surface area contributed by atoms with Gasteiger partial charge in [0.25, 0.3) is 0 Å². The number of nitrogens with zero attached hydrogens (tertiary/aromatic N) is 1. The second kappa shape index (κ2) is 6.85. The molecule has 1 aromatic carbocycles. The SMILES string of the molecule is Cc1ccc(NC(=O)C(=O)N2CCCNCC2)c(Br)c1. The normalized spacial score (nSPS) is 15.6. The Morgan fingerprint density at radius 1 is 1.30 bits per heavy atom. The molecule has 1 heterocycles. The molecule has 0 aliphatic carbocycles. The minimum absolute atomic E-state index is 0.471. The van der Waals surface area contributed by atoms with E-state index in [1.807, 2.05) is 19.1 Å². The van der Waals surface area contributed by atoms with Crippen molar-refractivity contribution >= 4 is 33.4 Å². The Bertz CT molecular complexity index is 511. The van der Waals surface area contributed by atoms with Crippen LogP contribution in [-0.4, -0.2) is 42.9 Å². The fraction of sp³-hybridized carbons (Fsp3) is 0.429. The van der Waals surface area contributed by atoms with E-state index in [4.69, 9.17) is 0 Å². The van der Waals surface area contributed by atoms with Crippen molar-refractivity contribution in [3.05, 3.63) is 28.2 Å². The number of rotatable bonds is 1. The first-order chi connectivity index (χ1) is 9.58. The zero-order chi connectivity index (χ0) is 14.5. The van der Waals surface area contributed by atoms with Gasteiger partial charge in [0.1, 0.15) is 0 Å². The van der Waals surface area contributed by atoms with E-state index in [-0.39, 0.29) is 0 Å². The van der Waals surface area contributed by atoms with Crippen LogP contribution in [0.5, 0.6) is 0 Å². The number of hydrogen-bond acceptors (Lipinski definition) is 3. The van der Waals surface area contributed by atoms with Crippen molar-refractivity contribution in [2.45, 2.75) is 13.3 Å². The molecule has 1 fully saturated rings. The lowest BCUT2D eigenvalue weighted by Crippen LogP contribution is -2.41. The minimum atomic E-state index is -0.587. The highest BCUT2D eigenvalue weighted by Gasteiger charge is 2.22. The molecule has 1 aliphatic rings. The van der Waals surface area contributed by atoms with E-state index in [1.165, 1.54) is 0 Å². The predicted octanol–water partition coefficient (Wildman–Crippen LogP) is 1.52. The second-order valence-corrected chi connectivity index (χ2v) is 5.69. The molecule has 6 heteroatoms. The smallest absolute Gasteiger partial charge is 0.313 e. The molecule has 0 atom stereocenters. The fourth-order valence-electron chi connectivity index (χ4n) is 2.09. The third kappa shape index (κ3) is 3.80. The molecule has 0 unspecified atom stereocenters. The van der Waals surface area contributed by atoms with Crippen LogP contribution in [0.15, 0.2) is 22.7 Å². The van der Waals surface area contributed by atoms with E-state index < -0.39 is 11.8 Å². The van der Waals surface area contributed by atoms with Gasteiger partial charge < -0.3 is 15.5 Å². The molecular weight excluding hydrogens is 322 g/mol. The van der Waals surface area contributed by atoms with Gasteiger partial charge in [0, 0.05) is 24.1 Å². The maximum atomic E-state index is 12.1. The van der Waals surface area contributed by atoms with Crippen LogP contribution in [0, 0.1) is 6.92 Å². The number of aryl methyl sites for hydroxylation is 1. The maximum Gasteiger partial charge on any atom is 0.313 e. The Morgan fingerprint density at radius 3 is 2.85 bits per heavy atom. The Morgan fingerprint density at radius 2 is 2.10 bits per heavy atom. The number of amides is 2. The molecule has 2 rings (SSSR count). The lowest BCUT2D eigenvalue weighted by atomic mass is 10.2. The molecule has 0 aromatic heterocycles. The van der Waals surface area contributed by atoms with Gasteiger partial charge in [0.05, 0.1) is 5.69 Å². The van der Waals surface area contributed by atoms with Crippen LogP contribution in [-0.2, 0) is 9.59 Å². The van der Waals surface area contributed by atoms with E-state index in [0.717, 1.165) is 29.5 Å². The summed E-state index contributed by atoms with van der Waals surface area (Å²) < 4.78 is 0.774. The summed E-state index contributed by atoms with van der Waals surface area (Å²) in [5.74, 6) is -1.06. The average Bonchev–Trinajstić information content (AvgIpc) is 2.70. The fourth-order valence-corrected chi connectivity index (χ4v) is 2.68. The largest absolute Gasteiger partial charge is 0.333 e. The van der Waals surface area contributed by atoms with Crippen LogP contribution < -0.4 is 10.6 Å². The molecule has 0 spiro atoms. The monoisotopic (exact) mass is 339 g/mol. The van der Waals surface area contributed by atoms with Crippen LogP contribution in [0.1, 0.15) is 12.0 Å². The summed E-state index contributed by atoms with van der Waals surface area (Å²) in [6, 6.07) is 5.57. The van der Waals surface area contributed by atoms with Crippen LogP contribution in [0.4, 0.5) is 5.69 Å². The first kappa shape index (κ1) is 15.0. The van der Waals surface area contributed by atoms with Gasteiger partial charge in [-0.05, 0) is 53.5 Å². The summed E-state index contributed by atoms with van der Waals surface area (Å²) in [5, 5.41) is 5.86. The lowest BCUT2D eigenvalue weighted by molar-refractivity contribution is -0.143. The van der Waals surface area contributed by atoms with Crippen LogP contribution in [0.25, 0.3) is 0 Å². The first-order valence-corrected chi connectivity index (χ1v) is 7.44. The third-order valence-corrected chi connectivity index (χ3v) is 3.85. The summed E-state index contributed by atoms with van der Waals surface area (Å²) in [6.07, 6.45) is 0.868. The Labute approximate surface area is 126 Å². The molecule has 2 N–H and O–H groups in total. The van der Waals surface area contributed by atoms with Gasteiger partial charge in [-0.3, -0.25) is 9.59 Å². The van der Waals surface area contributed by atoms with Gasteiger partial charge in [0.15, 0.2) is 0 Å². The van der Waals surface area contributed by atoms with E-state index >= 15 is 0 Å². The third-order valence-electron chi connectivity index (χ3n) is 3.19. The summed E-state index contributed by atoms with van der Waals surface area (Å²) in [5.41, 5.74) is 1.70. The highest BCUT2D eigenvalue weighted by molar-refractivity contribution is 9.10. The van der Waals surface area contributed by atoms with Crippen molar-refractivity contribution in [3.8, 4) is 0 Å². The van der Waals surface area contributed by atoms with E-state index in [9.17, 15) is 9.59 Å². The molecule has 1 aromatic rings. The lowest BCUT2D eigenvalue weighted by Gasteiger charge is -2.19. The van der Waals surface area contributed by atoms with E-state index in [1.54, 1.807) is 11.0 Å². The summed E-state index contributed by atoms with van der Waals surface area (Å²) in [4.78, 5) is 25.7. The maximum absolute atomic E-state index is 12.1. The van der Waals surface area contributed by atoms with Crippen molar-refractivity contribution in [1.29, 1.82) is 0 Å². The number of carbonyl (C=O) groups excluding carboxylic acids is 2.